The number of nitrogens with two attached hydrogens (primary N) is 2. The van der Waals surface area contributed by atoms with E-state index in [1.54, 1.807) is 6.07 Å². The van der Waals surface area contributed by atoms with E-state index in [0.29, 0.717) is 11.4 Å². The third kappa shape index (κ3) is 1.64. The fourth-order valence-corrected chi connectivity index (χ4v) is 2.61. The molecule has 0 bridgehead atoms. The van der Waals surface area contributed by atoms with Gasteiger partial charge in [0.2, 0.25) is 0 Å². The van der Waals surface area contributed by atoms with Crippen molar-refractivity contribution in [2.75, 3.05) is 11.5 Å². The van der Waals surface area contributed by atoms with Crippen LogP contribution in [0.1, 0.15) is 27.4 Å². The van der Waals surface area contributed by atoms with Crippen molar-refractivity contribution in [3.8, 4) is 0 Å². The Morgan fingerprint density at radius 1 is 1.00 bits per heavy atom. The molecular weight excluding hydrogens is 224 g/mol. The van der Waals surface area contributed by atoms with Gasteiger partial charge in [-0.3, -0.25) is 4.79 Å². The molecule has 0 fully saturated rings. The lowest BCUT2D eigenvalue weighted by Gasteiger charge is -2.10. The first kappa shape index (κ1) is 10.8. The third-order valence-corrected chi connectivity index (χ3v) is 3.43. The first-order valence-corrected chi connectivity index (χ1v) is 5.93. The van der Waals surface area contributed by atoms with E-state index in [4.69, 9.17) is 11.5 Å². The number of anilines is 2. The second-order valence-corrected chi connectivity index (χ2v) is 4.71. The normalized spacial score (nSPS) is 17.8. The minimum Gasteiger partial charge on any atom is -0.399 e. The second kappa shape index (κ2) is 3.88. The Kier molecular flexibility index (Phi) is 2.33. The van der Waals surface area contributed by atoms with E-state index in [9.17, 15) is 4.79 Å². The number of hydrogen-bond acceptors (Lipinski definition) is 3. The topological polar surface area (TPSA) is 69.1 Å². The number of ketones is 1. The fourth-order valence-electron chi connectivity index (χ4n) is 2.61. The summed E-state index contributed by atoms with van der Waals surface area (Å²) in [6.07, 6.45) is 0.734. The van der Waals surface area contributed by atoms with Crippen LogP contribution in [0.2, 0.25) is 0 Å². The van der Waals surface area contributed by atoms with Gasteiger partial charge in [0.1, 0.15) is 0 Å². The molecular formula is C15H14N2O. The Morgan fingerprint density at radius 2 is 1.67 bits per heavy atom. The van der Waals surface area contributed by atoms with E-state index in [1.165, 1.54) is 0 Å². The largest absolute Gasteiger partial charge is 0.399 e. The van der Waals surface area contributed by atoms with Gasteiger partial charge in [-0.1, -0.05) is 24.3 Å². The van der Waals surface area contributed by atoms with Gasteiger partial charge in [-0.25, -0.2) is 0 Å². The highest BCUT2D eigenvalue weighted by atomic mass is 16.1. The molecule has 1 atom stereocenters. The summed E-state index contributed by atoms with van der Waals surface area (Å²) >= 11 is 0. The zero-order chi connectivity index (χ0) is 12.7. The van der Waals surface area contributed by atoms with E-state index >= 15 is 0 Å². The average Bonchev–Trinajstić information content (AvgIpc) is 2.66. The molecule has 3 rings (SSSR count). The Labute approximate surface area is 105 Å². The quantitative estimate of drug-likeness (QED) is 0.749. The van der Waals surface area contributed by atoms with Crippen LogP contribution in [0.15, 0.2) is 42.5 Å². The molecule has 2 aromatic carbocycles. The summed E-state index contributed by atoms with van der Waals surface area (Å²) < 4.78 is 0. The lowest BCUT2D eigenvalue weighted by Crippen LogP contribution is -2.08. The van der Waals surface area contributed by atoms with Crippen LogP contribution in [-0.4, -0.2) is 5.78 Å². The predicted molar refractivity (Wildman–Crippen MR) is 72.5 cm³/mol. The van der Waals surface area contributed by atoms with Crippen molar-refractivity contribution in [1.82, 2.24) is 0 Å². The molecule has 3 nitrogen and oxygen atoms in total. The molecule has 1 unspecified atom stereocenters. The number of hydrogen-bond donors (Lipinski definition) is 2. The van der Waals surface area contributed by atoms with Crippen LogP contribution >= 0.6 is 0 Å². The number of benzene rings is 2. The highest BCUT2D eigenvalue weighted by Crippen LogP contribution is 2.35. The van der Waals surface area contributed by atoms with Gasteiger partial charge in [0, 0.05) is 16.9 Å². The molecule has 0 saturated carbocycles. The molecule has 4 N–H and O–H groups in total. The lowest BCUT2D eigenvalue weighted by molar-refractivity contribution is 0.0973. The monoisotopic (exact) mass is 238 g/mol. The second-order valence-electron chi connectivity index (χ2n) is 4.71. The van der Waals surface area contributed by atoms with Gasteiger partial charge in [0.15, 0.2) is 5.78 Å². The van der Waals surface area contributed by atoms with Gasteiger partial charge in [0.05, 0.1) is 5.92 Å². The summed E-state index contributed by atoms with van der Waals surface area (Å²) in [6, 6.07) is 13.1. The van der Waals surface area contributed by atoms with E-state index in [-0.39, 0.29) is 11.7 Å². The van der Waals surface area contributed by atoms with Crippen LogP contribution in [0.4, 0.5) is 11.4 Å². The van der Waals surface area contributed by atoms with Crippen molar-refractivity contribution in [2.45, 2.75) is 12.3 Å². The molecule has 90 valence electrons. The summed E-state index contributed by atoms with van der Waals surface area (Å²) in [5.74, 6) is 0.0174. The number of nitrogen functional groups attached to an aromatic ring is 2. The van der Waals surface area contributed by atoms with Crippen LogP contribution in [0.25, 0.3) is 0 Å². The SMILES string of the molecule is Nc1cc(N)cc(C2Cc3ccccc3C2=O)c1. The van der Waals surface area contributed by atoms with Gasteiger partial charge in [-0.15, -0.1) is 0 Å². The first-order chi connectivity index (χ1) is 8.65. The Hall–Kier alpha value is -2.29. The van der Waals surface area contributed by atoms with Gasteiger partial charge >= 0.3 is 0 Å². The Bertz CT molecular complexity index is 614. The third-order valence-electron chi connectivity index (χ3n) is 3.43. The molecule has 18 heavy (non-hydrogen) atoms. The van der Waals surface area contributed by atoms with Crippen molar-refractivity contribution in [3.05, 3.63) is 59.2 Å². The van der Waals surface area contributed by atoms with E-state index in [1.807, 2.05) is 36.4 Å². The van der Waals surface area contributed by atoms with Crippen LogP contribution in [0.3, 0.4) is 0 Å². The molecule has 0 aromatic heterocycles. The molecule has 0 radical (unpaired) electrons. The Balaban J connectivity index is 2.04. The maximum atomic E-state index is 12.3. The van der Waals surface area contributed by atoms with Crippen molar-refractivity contribution in [1.29, 1.82) is 0 Å². The number of carbonyl (C=O) groups is 1. The minimum absolute atomic E-state index is 0.145. The van der Waals surface area contributed by atoms with Crippen LogP contribution in [0, 0.1) is 0 Å². The van der Waals surface area contributed by atoms with Crippen LogP contribution < -0.4 is 11.5 Å². The first-order valence-electron chi connectivity index (χ1n) is 5.93. The lowest BCUT2D eigenvalue weighted by atomic mass is 9.94. The molecule has 0 amide bonds. The summed E-state index contributed by atoms with van der Waals surface area (Å²) in [5.41, 5.74) is 15.6. The number of fused-ring (bicyclic) bond motifs is 1. The van der Waals surface area contributed by atoms with E-state index < -0.39 is 0 Å². The van der Waals surface area contributed by atoms with Crippen molar-refractivity contribution in [2.24, 2.45) is 0 Å². The molecule has 0 aliphatic heterocycles. The zero-order valence-corrected chi connectivity index (χ0v) is 9.89. The Morgan fingerprint density at radius 3 is 2.33 bits per heavy atom. The van der Waals surface area contributed by atoms with Gasteiger partial charge < -0.3 is 11.5 Å². The maximum absolute atomic E-state index is 12.3. The van der Waals surface area contributed by atoms with Crippen LogP contribution in [-0.2, 0) is 6.42 Å². The molecule has 0 heterocycles. The smallest absolute Gasteiger partial charge is 0.170 e. The standard InChI is InChI=1S/C15H14N2O/c16-11-5-10(6-12(17)8-11)14-7-9-3-1-2-4-13(9)15(14)18/h1-6,8,14H,7,16-17H2. The summed E-state index contributed by atoms with van der Waals surface area (Å²) in [6.45, 7) is 0. The minimum atomic E-state index is -0.145. The molecule has 3 heteroatoms. The summed E-state index contributed by atoms with van der Waals surface area (Å²) in [5, 5.41) is 0. The van der Waals surface area contributed by atoms with Gasteiger partial charge in [-0.05, 0) is 35.7 Å². The fraction of sp³-hybridized carbons (Fsp3) is 0.133. The number of rotatable bonds is 1. The molecule has 1 aliphatic carbocycles. The van der Waals surface area contributed by atoms with Gasteiger partial charge in [0.25, 0.3) is 0 Å². The highest BCUT2D eigenvalue weighted by Gasteiger charge is 2.31. The van der Waals surface area contributed by atoms with E-state index in [2.05, 4.69) is 0 Å². The highest BCUT2D eigenvalue weighted by molar-refractivity contribution is 6.05. The number of Topliss-reactive ketones (excluding diaryl/α,β-unsaturated/α-hetero) is 1. The maximum Gasteiger partial charge on any atom is 0.170 e. The summed E-state index contributed by atoms with van der Waals surface area (Å²) in [7, 11) is 0. The van der Waals surface area contributed by atoms with Crippen LogP contribution in [0.5, 0.6) is 0 Å². The number of carbonyl (C=O) groups excluding carboxylic acids is 1. The average molecular weight is 238 g/mol. The zero-order valence-electron chi connectivity index (χ0n) is 9.89. The predicted octanol–water partition coefficient (Wildman–Crippen LogP) is 2.37. The van der Waals surface area contributed by atoms with Crippen molar-refractivity contribution < 1.29 is 4.79 Å². The van der Waals surface area contributed by atoms with Crippen molar-refractivity contribution >= 4 is 17.2 Å². The summed E-state index contributed by atoms with van der Waals surface area (Å²) in [4.78, 5) is 12.3. The van der Waals surface area contributed by atoms with Gasteiger partial charge in [-0.2, -0.15) is 0 Å². The molecule has 0 spiro atoms. The van der Waals surface area contributed by atoms with Crippen molar-refractivity contribution in [3.63, 3.8) is 0 Å². The molecule has 0 saturated heterocycles. The van der Waals surface area contributed by atoms with E-state index in [0.717, 1.165) is 23.1 Å². The molecule has 1 aliphatic rings. The molecule has 2 aromatic rings.